The molecular weight excluding hydrogens is 432 g/mol. The number of anilines is 1. The van der Waals surface area contributed by atoms with Crippen molar-refractivity contribution >= 4 is 34.0 Å². The zero-order valence-electron chi connectivity index (χ0n) is 18.6. The fourth-order valence-electron chi connectivity index (χ4n) is 4.22. The molecule has 0 amide bonds. The number of fused-ring (bicyclic) bond motifs is 2. The molecule has 0 aliphatic carbocycles. The summed E-state index contributed by atoms with van der Waals surface area (Å²) in [6.45, 7) is 4.22. The summed E-state index contributed by atoms with van der Waals surface area (Å²) in [7, 11) is 4.10. The first-order valence-electron chi connectivity index (χ1n) is 11.0. The highest BCUT2D eigenvalue weighted by molar-refractivity contribution is 7.99. The van der Waals surface area contributed by atoms with E-state index in [-0.39, 0.29) is 0 Å². The number of hydrogen-bond donors (Lipinski definition) is 0. The van der Waals surface area contributed by atoms with Crippen molar-refractivity contribution in [2.75, 3.05) is 38.1 Å². The van der Waals surface area contributed by atoms with Crippen LogP contribution in [-0.2, 0) is 7.05 Å². The van der Waals surface area contributed by atoms with Gasteiger partial charge in [-0.25, -0.2) is 0 Å². The maximum atomic E-state index is 4.86. The molecule has 0 radical (unpaired) electrons. The van der Waals surface area contributed by atoms with Gasteiger partial charge < -0.3 is 9.80 Å². The van der Waals surface area contributed by atoms with Gasteiger partial charge in [-0.05, 0) is 43.1 Å². The fourth-order valence-corrected chi connectivity index (χ4v) is 5.16. The van der Waals surface area contributed by atoms with Gasteiger partial charge in [0.05, 0.1) is 23.6 Å². The maximum absolute atomic E-state index is 4.86. The summed E-state index contributed by atoms with van der Waals surface area (Å²) in [6.07, 6.45) is 7.94. The van der Waals surface area contributed by atoms with E-state index in [0.29, 0.717) is 0 Å². The highest BCUT2D eigenvalue weighted by Gasteiger charge is 2.16. The van der Waals surface area contributed by atoms with Crippen molar-refractivity contribution in [3.05, 3.63) is 61.2 Å². The summed E-state index contributed by atoms with van der Waals surface area (Å²) in [4.78, 5) is 10.7. The summed E-state index contributed by atoms with van der Waals surface area (Å²) in [5.74, 6) is 0. The SMILES string of the molecule is CN1CCN(c2cnc3c(Sc4nnc5ccc(-c6cnn(C)c6)cn45)cccc3c2)CC1. The maximum Gasteiger partial charge on any atom is 0.200 e. The molecule has 5 heterocycles. The van der Waals surface area contributed by atoms with Gasteiger partial charge in [0.2, 0.25) is 5.16 Å². The first kappa shape index (κ1) is 20.2. The Labute approximate surface area is 195 Å². The predicted octanol–water partition coefficient (Wildman–Crippen LogP) is 3.58. The molecule has 0 spiro atoms. The molecule has 9 heteroatoms. The van der Waals surface area contributed by atoms with Gasteiger partial charge in [0.15, 0.2) is 5.65 Å². The van der Waals surface area contributed by atoms with E-state index < -0.39 is 0 Å². The van der Waals surface area contributed by atoms with Crippen molar-refractivity contribution in [3.63, 3.8) is 0 Å². The van der Waals surface area contributed by atoms with Gasteiger partial charge >= 0.3 is 0 Å². The molecular formula is C24H24N8S. The van der Waals surface area contributed by atoms with Gasteiger partial charge in [0, 0.05) is 67.0 Å². The Bertz CT molecular complexity index is 1450. The van der Waals surface area contributed by atoms with Crippen LogP contribution in [0.5, 0.6) is 0 Å². The van der Waals surface area contributed by atoms with Gasteiger partial charge in [-0.1, -0.05) is 12.1 Å². The van der Waals surface area contributed by atoms with Crippen molar-refractivity contribution in [1.29, 1.82) is 0 Å². The average Bonchev–Trinajstić information content (AvgIpc) is 3.45. The molecule has 8 nitrogen and oxygen atoms in total. The number of aromatic nitrogens is 6. The number of benzene rings is 1. The smallest absolute Gasteiger partial charge is 0.200 e. The van der Waals surface area contributed by atoms with E-state index in [1.807, 2.05) is 36.1 Å². The zero-order chi connectivity index (χ0) is 22.4. The molecule has 0 saturated carbocycles. The monoisotopic (exact) mass is 456 g/mol. The summed E-state index contributed by atoms with van der Waals surface area (Å²) in [6, 6.07) is 12.6. The molecule has 1 saturated heterocycles. The molecule has 0 bridgehead atoms. The second kappa shape index (κ2) is 8.17. The largest absolute Gasteiger partial charge is 0.368 e. The Balaban J connectivity index is 1.33. The third-order valence-corrected chi connectivity index (χ3v) is 7.15. The van der Waals surface area contributed by atoms with E-state index in [4.69, 9.17) is 4.98 Å². The molecule has 33 heavy (non-hydrogen) atoms. The van der Waals surface area contributed by atoms with Crippen molar-refractivity contribution in [2.24, 2.45) is 7.05 Å². The Hall–Kier alpha value is -3.43. The van der Waals surface area contributed by atoms with Crippen LogP contribution in [0.1, 0.15) is 0 Å². The minimum absolute atomic E-state index is 0.813. The number of likely N-dealkylation sites (N-methyl/N-ethyl adjacent to an activating group) is 1. The number of nitrogens with zero attached hydrogens (tertiary/aromatic N) is 8. The van der Waals surface area contributed by atoms with Crippen molar-refractivity contribution in [3.8, 4) is 11.1 Å². The number of hydrogen-bond acceptors (Lipinski definition) is 7. The van der Waals surface area contributed by atoms with Crippen molar-refractivity contribution in [1.82, 2.24) is 34.3 Å². The van der Waals surface area contributed by atoms with Crippen LogP contribution in [0.25, 0.3) is 27.7 Å². The van der Waals surface area contributed by atoms with E-state index in [9.17, 15) is 0 Å². The normalized spacial score (nSPS) is 15.0. The van der Waals surface area contributed by atoms with Crippen LogP contribution < -0.4 is 4.90 Å². The highest BCUT2D eigenvalue weighted by atomic mass is 32.2. The molecule has 6 rings (SSSR count). The minimum Gasteiger partial charge on any atom is -0.368 e. The lowest BCUT2D eigenvalue weighted by Gasteiger charge is -2.33. The molecule has 1 aliphatic heterocycles. The van der Waals surface area contributed by atoms with Crippen LogP contribution in [0.2, 0.25) is 0 Å². The number of pyridine rings is 2. The number of piperazine rings is 1. The third-order valence-electron chi connectivity index (χ3n) is 6.14. The lowest BCUT2D eigenvalue weighted by Crippen LogP contribution is -2.44. The van der Waals surface area contributed by atoms with Gasteiger partial charge in [-0.3, -0.25) is 14.1 Å². The van der Waals surface area contributed by atoms with Crippen LogP contribution in [-0.4, -0.2) is 67.5 Å². The van der Waals surface area contributed by atoms with Crippen LogP contribution in [0, 0.1) is 0 Å². The van der Waals surface area contributed by atoms with Gasteiger partial charge in [0.25, 0.3) is 0 Å². The molecule has 1 aliphatic rings. The van der Waals surface area contributed by atoms with E-state index in [0.717, 1.165) is 63.9 Å². The van der Waals surface area contributed by atoms with E-state index in [1.54, 1.807) is 16.4 Å². The molecule has 1 aromatic carbocycles. The number of rotatable bonds is 4. The number of aryl methyl sites for hydroxylation is 1. The summed E-state index contributed by atoms with van der Waals surface area (Å²) in [5, 5.41) is 15.0. The van der Waals surface area contributed by atoms with Crippen LogP contribution in [0.3, 0.4) is 0 Å². The summed E-state index contributed by atoms with van der Waals surface area (Å²) < 4.78 is 3.84. The highest BCUT2D eigenvalue weighted by Crippen LogP contribution is 2.33. The quantitative estimate of drug-likeness (QED) is 0.409. The first-order chi connectivity index (χ1) is 16.1. The molecule has 4 aromatic heterocycles. The van der Waals surface area contributed by atoms with Crippen LogP contribution >= 0.6 is 11.8 Å². The third kappa shape index (κ3) is 3.83. The standard InChI is InChI=1S/C24H24N8S/c1-29-8-10-31(11-9-29)20-12-17-4-3-5-21(23(17)25-14-20)33-24-28-27-22-7-6-18(16-32(22)24)19-13-26-30(2)15-19/h3-7,12-16H,8-11H2,1-2H3. The van der Waals surface area contributed by atoms with E-state index in [2.05, 4.69) is 68.7 Å². The second-order valence-electron chi connectivity index (χ2n) is 8.45. The van der Waals surface area contributed by atoms with E-state index in [1.165, 1.54) is 5.69 Å². The summed E-state index contributed by atoms with van der Waals surface area (Å²) >= 11 is 1.59. The molecule has 166 valence electrons. The van der Waals surface area contributed by atoms with Gasteiger partial charge in [0.1, 0.15) is 0 Å². The molecule has 0 atom stereocenters. The minimum atomic E-state index is 0.813. The first-order valence-corrected chi connectivity index (χ1v) is 11.8. The Morgan fingerprint density at radius 2 is 1.76 bits per heavy atom. The molecule has 0 unspecified atom stereocenters. The van der Waals surface area contributed by atoms with Gasteiger partial charge in [-0.2, -0.15) is 5.10 Å². The number of para-hydroxylation sites is 1. The topological polar surface area (TPSA) is 67.4 Å². The Kier molecular flexibility index (Phi) is 5.00. The van der Waals surface area contributed by atoms with Crippen molar-refractivity contribution < 1.29 is 0 Å². The molecule has 1 fully saturated rings. The van der Waals surface area contributed by atoms with Gasteiger partial charge in [-0.15, -0.1) is 10.2 Å². The second-order valence-corrected chi connectivity index (χ2v) is 9.45. The van der Waals surface area contributed by atoms with Crippen LogP contribution in [0.4, 0.5) is 5.69 Å². The Morgan fingerprint density at radius 1 is 0.879 bits per heavy atom. The lowest BCUT2D eigenvalue weighted by molar-refractivity contribution is 0.313. The molecule has 5 aromatic rings. The fraction of sp³-hybridized carbons (Fsp3) is 0.250. The van der Waals surface area contributed by atoms with E-state index >= 15 is 0 Å². The van der Waals surface area contributed by atoms with Crippen LogP contribution in [0.15, 0.2) is 71.2 Å². The predicted molar refractivity (Wildman–Crippen MR) is 131 cm³/mol. The zero-order valence-corrected chi connectivity index (χ0v) is 19.4. The summed E-state index contributed by atoms with van der Waals surface area (Å²) in [5.41, 5.74) is 5.13. The average molecular weight is 457 g/mol. The Morgan fingerprint density at radius 3 is 2.58 bits per heavy atom. The molecule has 0 N–H and O–H groups in total. The van der Waals surface area contributed by atoms with Crippen molar-refractivity contribution in [2.45, 2.75) is 10.1 Å². The lowest BCUT2D eigenvalue weighted by atomic mass is 10.2.